The van der Waals surface area contributed by atoms with Crippen LogP contribution >= 0.6 is 11.6 Å². The number of likely N-dealkylation sites (tertiary alicyclic amines) is 1. The summed E-state index contributed by atoms with van der Waals surface area (Å²) < 4.78 is 16.7. The molecule has 3 aromatic rings. The van der Waals surface area contributed by atoms with Crippen LogP contribution in [0.25, 0.3) is 27.7 Å². The van der Waals surface area contributed by atoms with E-state index in [1.54, 1.807) is 23.2 Å². The Hall–Kier alpha value is -3.71. The van der Waals surface area contributed by atoms with Gasteiger partial charge < -0.3 is 10.2 Å². The van der Waals surface area contributed by atoms with E-state index in [1.165, 1.54) is 13.0 Å². The Morgan fingerprint density at radius 3 is 2.54 bits per heavy atom. The molecule has 2 N–H and O–H groups in total. The van der Waals surface area contributed by atoms with Gasteiger partial charge >= 0.3 is 0 Å². The van der Waals surface area contributed by atoms with Crippen molar-refractivity contribution in [3.8, 4) is 11.1 Å². The average Bonchev–Trinajstić information content (AvgIpc) is 3.36. The van der Waals surface area contributed by atoms with Crippen LogP contribution in [0.2, 0.25) is 5.02 Å². The summed E-state index contributed by atoms with van der Waals surface area (Å²) in [6.45, 7) is 15.3. The van der Waals surface area contributed by atoms with Crippen molar-refractivity contribution in [1.82, 2.24) is 20.4 Å². The van der Waals surface area contributed by atoms with E-state index in [2.05, 4.69) is 28.7 Å². The topological polar surface area (TPSA) is 78.1 Å². The molecule has 6 nitrogen and oxygen atoms in total. The first-order valence-corrected chi connectivity index (χ1v) is 13.5. The predicted molar refractivity (Wildman–Crippen MR) is 156 cm³/mol. The van der Waals surface area contributed by atoms with Crippen LogP contribution in [0.4, 0.5) is 4.39 Å². The van der Waals surface area contributed by atoms with E-state index in [0.717, 1.165) is 22.0 Å². The van der Waals surface area contributed by atoms with Crippen molar-refractivity contribution >= 4 is 39.9 Å². The molecular weight excluding hydrogens is 515 g/mol. The lowest BCUT2D eigenvalue weighted by Gasteiger charge is -2.49. The number of amides is 1. The summed E-state index contributed by atoms with van der Waals surface area (Å²) in [5.74, 6) is -0.758. The molecule has 4 rings (SSSR count). The molecule has 204 valence electrons. The Morgan fingerprint density at radius 1 is 1.23 bits per heavy atom. The third-order valence-electron chi connectivity index (χ3n) is 7.57. The molecule has 0 saturated carbocycles. The first-order valence-electron chi connectivity index (χ1n) is 13.1. The highest BCUT2D eigenvalue weighted by Gasteiger charge is 2.49. The minimum Gasteiger partial charge on any atom is -0.369 e. The predicted octanol–water partition coefficient (Wildman–Crippen LogP) is 6.54. The summed E-state index contributed by atoms with van der Waals surface area (Å²) in [6, 6.07) is 5.61. The molecule has 0 bridgehead atoms. The normalized spacial score (nSPS) is 15.0. The molecule has 0 atom stereocenters. The van der Waals surface area contributed by atoms with Crippen molar-refractivity contribution in [1.29, 1.82) is 0 Å². The molecule has 0 unspecified atom stereocenters. The second-order valence-corrected chi connectivity index (χ2v) is 10.4. The molecule has 8 heteroatoms. The maximum absolute atomic E-state index is 16.7. The fourth-order valence-electron chi connectivity index (χ4n) is 5.33. The maximum Gasteiger partial charge on any atom is 0.246 e. The zero-order chi connectivity index (χ0) is 28.5. The Labute approximate surface area is 233 Å². The molecule has 1 fully saturated rings. The molecule has 0 spiro atoms. The van der Waals surface area contributed by atoms with Crippen LogP contribution in [0.3, 0.4) is 0 Å². The van der Waals surface area contributed by atoms with Crippen molar-refractivity contribution in [2.75, 3.05) is 13.1 Å². The summed E-state index contributed by atoms with van der Waals surface area (Å²) in [5, 5.41) is 11.6. The molecule has 1 aliphatic rings. The van der Waals surface area contributed by atoms with E-state index in [-0.39, 0.29) is 29.8 Å². The Bertz CT molecular complexity index is 1510. The first kappa shape index (κ1) is 28.3. The standard InChI is InChI=1S/C31H34ClFN4O2/c1-7-11-21-22(14-24(32)28(29(21)33)27-18(5)12-13-25-23(27)15-34-36-25)30(20(8-2)9-3)35-31(19(6)38)16-37(17-31)26(39)10-4/h8,10,12-15,35H,2,4,7,9,11,16-17H2,1,3,5-6H3,(H,34,36)/b30-20-. The van der Waals surface area contributed by atoms with Gasteiger partial charge in [0.2, 0.25) is 5.91 Å². The monoisotopic (exact) mass is 548 g/mol. The minimum absolute atomic E-state index is 0.116. The lowest BCUT2D eigenvalue weighted by Crippen LogP contribution is -2.73. The van der Waals surface area contributed by atoms with Crippen molar-refractivity contribution in [3.05, 3.63) is 82.8 Å². The number of nitrogens with zero attached hydrogens (tertiary/aromatic N) is 2. The molecule has 39 heavy (non-hydrogen) atoms. The highest BCUT2D eigenvalue weighted by Crippen LogP contribution is 2.42. The van der Waals surface area contributed by atoms with Crippen LogP contribution in [0.15, 0.2) is 55.3 Å². The van der Waals surface area contributed by atoms with Crippen molar-refractivity contribution in [2.24, 2.45) is 0 Å². The third-order valence-corrected chi connectivity index (χ3v) is 7.86. The number of fused-ring (bicyclic) bond motifs is 1. The van der Waals surface area contributed by atoms with Gasteiger partial charge in [-0.1, -0.05) is 57.2 Å². The number of nitrogens with one attached hydrogen (secondary N) is 2. The number of aromatic amines is 1. The van der Waals surface area contributed by atoms with Gasteiger partial charge in [-0.05, 0) is 61.6 Å². The van der Waals surface area contributed by atoms with Gasteiger partial charge in [0.15, 0.2) is 5.78 Å². The number of hydrogen-bond acceptors (Lipinski definition) is 4. The highest BCUT2D eigenvalue weighted by atomic mass is 35.5. The van der Waals surface area contributed by atoms with E-state index < -0.39 is 11.4 Å². The third kappa shape index (κ3) is 4.91. The first-order chi connectivity index (χ1) is 18.6. The number of benzene rings is 2. The maximum atomic E-state index is 16.7. The summed E-state index contributed by atoms with van der Waals surface area (Å²) in [6.07, 6.45) is 6.38. The van der Waals surface area contributed by atoms with E-state index in [0.29, 0.717) is 47.2 Å². The van der Waals surface area contributed by atoms with Crippen LogP contribution in [0, 0.1) is 12.7 Å². The SMILES string of the molecule is C=CC(=O)N1CC(N/C(=C(/C=C)CC)c2cc(Cl)c(-c3c(C)ccc4[nH]ncc34)c(F)c2CCC)(C(C)=O)C1. The van der Waals surface area contributed by atoms with Gasteiger partial charge in [0.05, 0.1) is 29.8 Å². The van der Waals surface area contributed by atoms with Crippen LogP contribution in [0.1, 0.15) is 50.3 Å². The van der Waals surface area contributed by atoms with E-state index in [4.69, 9.17) is 11.6 Å². The fourth-order valence-corrected chi connectivity index (χ4v) is 5.61. The van der Waals surface area contributed by atoms with Gasteiger partial charge in [-0.2, -0.15) is 5.10 Å². The molecule has 1 aliphatic heterocycles. The number of carbonyl (C=O) groups is 2. The number of ketones is 1. The number of hydrogen-bond donors (Lipinski definition) is 2. The Morgan fingerprint density at radius 2 is 1.95 bits per heavy atom. The van der Waals surface area contributed by atoms with Crippen LogP contribution in [-0.4, -0.2) is 45.4 Å². The van der Waals surface area contributed by atoms with Gasteiger partial charge in [0.1, 0.15) is 11.4 Å². The lowest BCUT2D eigenvalue weighted by molar-refractivity contribution is -0.140. The molecule has 0 radical (unpaired) electrons. The molecular formula is C31H34ClFN4O2. The fraction of sp³-hybridized carbons (Fsp3) is 0.323. The van der Waals surface area contributed by atoms with E-state index >= 15 is 4.39 Å². The quantitative estimate of drug-likeness (QED) is 0.223. The summed E-state index contributed by atoms with van der Waals surface area (Å²) >= 11 is 6.90. The van der Waals surface area contributed by atoms with Crippen LogP contribution in [0.5, 0.6) is 0 Å². The molecule has 1 aromatic heterocycles. The number of H-pyrrole nitrogens is 1. The summed E-state index contributed by atoms with van der Waals surface area (Å²) in [7, 11) is 0. The Kier molecular flexibility index (Phi) is 8.12. The lowest BCUT2D eigenvalue weighted by atomic mass is 9.83. The van der Waals surface area contributed by atoms with E-state index in [9.17, 15) is 9.59 Å². The van der Waals surface area contributed by atoms with Gasteiger partial charge in [0.25, 0.3) is 0 Å². The zero-order valence-electron chi connectivity index (χ0n) is 22.9. The van der Waals surface area contributed by atoms with Crippen molar-refractivity contribution in [2.45, 2.75) is 52.5 Å². The molecule has 0 aliphatic carbocycles. The highest BCUT2D eigenvalue weighted by molar-refractivity contribution is 6.34. The smallest absolute Gasteiger partial charge is 0.246 e. The molecule has 1 saturated heterocycles. The number of allylic oxidation sites excluding steroid dienone is 2. The molecule has 1 amide bonds. The number of carbonyl (C=O) groups excluding carboxylic acids is 2. The molecule has 2 heterocycles. The van der Waals surface area contributed by atoms with Crippen LogP contribution in [-0.2, 0) is 16.0 Å². The van der Waals surface area contributed by atoms with Crippen molar-refractivity contribution < 1.29 is 14.0 Å². The number of halogens is 2. The molecule has 2 aromatic carbocycles. The number of Topliss-reactive ketones (excluding diaryl/α,β-unsaturated/α-hetero) is 1. The average molecular weight is 549 g/mol. The van der Waals surface area contributed by atoms with Gasteiger partial charge in [-0.25, -0.2) is 4.39 Å². The second kappa shape index (κ2) is 11.2. The van der Waals surface area contributed by atoms with Crippen molar-refractivity contribution in [3.63, 3.8) is 0 Å². The van der Waals surface area contributed by atoms with Gasteiger partial charge in [0, 0.05) is 27.8 Å². The number of rotatable bonds is 10. The Balaban J connectivity index is 1.93. The van der Waals surface area contributed by atoms with Gasteiger partial charge in [-0.3, -0.25) is 14.7 Å². The summed E-state index contributed by atoms with van der Waals surface area (Å²) in [5.41, 5.74) is 4.20. The van der Waals surface area contributed by atoms with E-state index in [1.807, 2.05) is 32.9 Å². The van der Waals surface area contributed by atoms with Gasteiger partial charge in [-0.15, -0.1) is 0 Å². The number of aromatic nitrogens is 2. The largest absolute Gasteiger partial charge is 0.369 e. The second-order valence-electron chi connectivity index (χ2n) is 10.0. The summed E-state index contributed by atoms with van der Waals surface area (Å²) in [4.78, 5) is 26.6. The van der Waals surface area contributed by atoms with Crippen LogP contribution < -0.4 is 5.32 Å². The zero-order valence-corrected chi connectivity index (χ0v) is 23.6. The minimum atomic E-state index is -1.01. The number of aryl methyl sites for hydroxylation is 1.